The number of alkyl halides is 2. The smallest absolute Gasteiger partial charge is 0.290 e. The summed E-state index contributed by atoms with van der Waals surface area (Å²) in [4.78, 5) is 15.9. The summed E-state index contributed by atoms with van der Waals surface area (Å²) in [5.41, 5.74) is 1.98. The van der Waals surface area contributed by atoms with E-state index in [1.807, 2.05) is 24.3 Å². The topological polar surface area (TPSA) is 62.2 Å². The lowest BCUT2D eigenvalue weighted by atomic mass is 10.1. The van der Waals surface area contributed by atoms with Gasteiger partial charge in [-0.15, -0.1) is 0 Å². The summed E-state index contributed by atoms with van der Waals surface area (Å²) in [6.45, 7) is 0.369. The Morgan fingerprint density at radius 1 is 1.22 bits per heavy atom. The first-order valence-electron chi connectivity index (χ1n) is 6.97. The van der Waals surface area contributed by atoms with Crippen molar-refractivity contribution in [3.8, 4) is 0 Å². The number of pyridine rings is 1. The van der Waals surface area contributed by atoms with Crippen molar-refractivity contribution in [2.75, 3.05) is 6.54 Å². The minimum atomic E-state index is -2.62. The van der Waals surface area contributed by atoms with Gasteiger partial charge in [0.15, 0.2) is 0 Å². The molecule has 0 aliphatic carbocycles. The van der Waals surface area contributed by atoms with Gasteiger partial charge in [-0.1, -0.05) is 24.3 Å². The highest BCUT2D eigenvalue weighted by molar-refractivity contribution is 7.99. The van der Waals surface area contributed by atoms with Crippen molar-refractivity contribution in [2.45, 2.75) is 23.8 Å². The molecule has 2 aromatic rings. The van der Waals surface area contributed by atoms with Crippen LogP contribution in [0.3, 0.4) is 0 Å². The van der Waals surface area contributed by atoms with Crippen LogP contribution in [0.25, 0.3) is 0 Å². The Bertz CT molecular complexity index is 651. The highest BCUT2D eigenvalue weighted by Gasteiger charge is 2.16. The molecule has 0 saturated carbocycles. The quantitative estimate of drug-likeness (QED) is 0.762. The molecule has 23 heavy (non-hydrogen) atoms. The number of carbonyl (C=O) groups is 1. The summed E-state index contributed by atoms with van der Waals surface area (Å²) >= 11 is 0.258. The Balaban J connectivity index is 1.91. The average molecular weight is 338 g/mol. The third-order valence-corrected chi connectivity index (χ3v) is 3.85. The minimum absolute atomic E-state index is 0.0113. The van der Waals surface area contributed by atoms with Crippen molar-refractivity contribution in [1.82, 2.24) is 10.3 Å². The minimum Gasteiger partial charge on any atom is -0.392 e. The number of amides is 1. The molecule has 0 unspecified atom stereocenters. The fourth-order valence-corrected chi connectivity index (χ4v) is 2.55. The zero-order valence-corrected chi connectivity index (χ0v) is 13.0. The zero-order chi connectivity index (χ0) is 16.7. The maximum atomic E-state index is 12.5. The molecule has 0 radical (unpaired) electrons. The van der Waals surface area contributed by atoms with Crippen LogP contribution in [-0.2, 0) is 13.0 Å². The van der Waals surface area contributed by atoms with Gasteiger partial charge in [-0.2, -0.15) is 8.78 Å². The van der Waals surface area contributed by atoms with E-state index < -0.39 is 11.7 Å². The van der Waals surface area contributed by atoms with Gasteiger partial charge < -0.3 is 10.4 Å². The predicted octanol–water partition coefficient (Wildman–Crippen LogP) is 2.86. The summed E-state index contributed by atoms with van der Waals surface area (Å²) in [5.74, 6) is -3.05. The number of benzene rings is 1. The van der Waals surface area contributed by atoms with Gasteiger partial charge in [0.1, 0.15) is 5.03 Å². The van der Waals surface area contributed by atoms with E-state index in [9.17, 15) is 13.6 Å². The van der Waals surface area contributed by atoms with Crippen LogP contribution in [0.4, 0.5) is 8.78 Å². The Morgan fingerprint density at radius 2 is 1.91 bits per heavy atom. The summed E-state index contributed by atoms with van der Waals surface area (Å²) in [5, 5.41) is 11.7. The first-order valence-corrected chi connectivity index (χ1v) is 7.85. The van der Waals surface area contributed by atoms with E-state index in [1.54, 1.807) is 0 Å². The molecule has 4 nitrogen and oxygen atoms in total. The third-order valence-electron chi connectivity index (χ3n) is 3.12. The van der Waals surface area contributed by atoms with E-state index in [0.29, 0.717) is 13.0 Å². The van der Waals surface area contributed by atoms with Crippen LogP contribution >= 0.6 is 11.8 Å². The molecule has 7 heteroatoms. The molecule has 0 fully saturated rings. The first-order chi connectivity index (χ1) is 11.1. The number of aliphatic hydroxyl groups excluding tert-OH is 1. The number of nitrogens with one attached hydrogen (secondary N) is 1. The van der Waals surface area contributed by atoms with E-state index in [-0.39, 0.29) is 29.0 Å². The Hall–Kier alpha value is -1.99. The number of halogens is 2. The van der Waals surface area contributed by atoms with E-state index in [4.69, 9.17) is 5.11 Å². The van der Waals surface area contributed by atoms with E-state index >= 15 is 0 Å². The predicted molar refractivity (Wildman–Crippen MR) is 84.5 cm³/mol. The molecule has 0 atom stereocenters. The van der Waals surface area contributed by atoms with Crippen molar-refractivity contribution in [3.05, 3.63) is 59.3 Å². The Morgan fingerprint density at radius 3 is 2.57 bits per heavy atom. The lowest BCUT2D eigenvalue weighted by Gasteiger charge is -2.09. The molecule has 2 rings (SSSR count). The number of aliphatic hydroxyl groups is 1. The fourth-order valence-electron chi connectivity index (χ4n) is 1.97. The number of carbonyl (C=O) groups excluding carboxylic acids is 1. The van der Waals surface area contributed by atoms with Gasteiger partial charge in [-0.05, 0) is 41.4 Å². The van der Waals surface area contributed by atoms with E-state index in [1.165, 1.54) is 18.3 Å². The van der Waals surface area contributed by atoms with Gasteiger partial charge in [0.05, 0.1) is 12.2 Å². The van der Waals surface area contributed by atoms with Crippen LogP contribution in [0.1, 0.15) is 21.5 Å². The number of nitrogens with zero attached hydrogens (tertiary/aromatic N) is 1. The molecular formula is C16H16F2N2O2S. The van der Waals surface area contributed by atoms with Gasteiger partial charge in [0.25, 0.3) is 11.7 Å². The van der Waals surface area contributed by atoms with Crippen LogP contribution in [-0.4, -0.2) is 28.3 Å². The van der Waals surface area contributed by atoms with E-state index in [2.05, 4.69) is 10.3 Å². The molecule has 1 amide bonds. The van der Waals surface area contributed by atoms with Crippen LogP contribution in [0, 0.1) is 0 Å². The van der Waals surface area contributed by atoms with Crippen LogP contribution in [0.5, 0.6) is 0 Å². The van der Waals surface area contributed by atoms with Crippen LogP contribution in [0.2, 0.25) is 0 Å². The fraction of sp³-hybridized carbons (Fsp3) is 0.250. The standard InChI is InChI=1S/C16H16F2N2O2S/c17-16(18)23-15-13(2-1-8-20-15)14(22)19-9-7-11-3-5-12(10-21)6-4-11/h1-6,8,16,21H,7,9-10H2,(H,19,22). The molecule has 122 valence electrons. The van der Waals surface area contributed by atoms with Gasteiger partial charge >= 0.3 is 0 Å². The Kier molecular flexibility index (Phi) is 6.49. The SMILES string of the molecule is O=C(NCCc1ccc(CO)cc1)c1cccnc1SC(F)F. The average Bonchev–Trinajstić information content (AvgIpc) is 2.55. The maximum Gasteiger partial charge on any atom is 0.290 e. The van der Waals surface area contributed by atoms with E-state index in [0.717, 1.165) is 11.1 Å². The van der Waals surface area contributed by atoms with Crippen LogP contribution < -0.4 is 5.32 Å². The highest BCUT2D eigenvalue weighted by atomic mass is 32.2. The van der Waals surface area contributed by atoms with Crippen molar-refractivity contribution in [1.29, 1.82) is 0 Å². The second-order valence-corrected chi connectivity index (χ2v) is 5.69. The Labute approximate surface area is 136 Å². The summed E-state index contributed by atoms with van der Waals surface area (Å²) < 4.78 is 24.9. The zero-order valence-electron chi connectivity index (χ0n) is 12.2. The molecule has 0 saturated heterocycles. The molecule has 1 heterocycles. The number of rotatable bonds is 7. The molecule has 0 bridgehead atoms. The van der Waals surface area contributed by atoms with Crippen molar-refractivity contribution in [2.24, 2.45) is 0 Å². The molecule has 1 aromatic carbocycles. The maximum absolute atomic E-state index is 12.5. The summed E-state index contributed by atoms with van der Waals surface area (Å²) in [6, 6.07) is 10.4. The monoisotopic (exact) mass is 338 g/mol. The lowest BCUT2D eigenvalue weighted by molar-refractivity contribution is 0.0950. The molecule has 2 N–H and O–H groups in total. The van der Waals surface area contributed by atoms with Gasteiger partial charge in [0.2, 0.25) is 0 Å². The molecule has 0 spiro atoms. The number of thioether (sulfide) groups is 1. The first kappa shape index (κ1) is 17.4. The summed E-state index contributed by atoms with van der Waals surface area (Å²) in [7, 11) is 0. The number of hydrogen-bond acceptors (Lipinski definition) is 4. The second-order valence-electron chi connectivity index (χ2n) is 4.72. The molecule has 0 aliphatic rings. The van der Waals surface area contributed by atoms with Gasteiger partial charge in [-0.25, -0.2) is 4.98 Å². The largest absolute Gasteiger partial charge is 0.392 e. The molecular weight excluding hydrogens is 322 g/mol. The molecule has 1 aromatic heterocycles. The van der Waals surface area contributed by atoms with Gasteiger partial charge in [0, 0.05) is 12.7 Å². The van der Waals surface area contributed by atoms with Crippen molar-refractivity contribution < 1.29 is 18.7 Å². The lowest BCUT2D eigenvalue weighted by Crippen LogP contribution is -2.26. The molecule has 0 aliphatic heterocycles. The van der Waals surface area contributed by atoms with Crippen molar-refractivity contribution in [3.63, 3.8) is 0 Å². The highest BCUT2D eigenvalue weighted by Crippen LogP contribution is 2.26. The van der Waals surface area contributed by atoms with Gasteiger partial charge in [-0.3, -0.25) is 4.79 Å². The number of aromatic nitrogens is 1. The number of hydrogen-bond donors (Lipinski definition) is 2. The van der Waals surface area contributed by atoms with Crippen LogP contribution in [0.15, 0.2) is 47.6 Å². The summed E-state index contributed by atoms with van der Waals surface area (Å²) in [6.07, 6.45) is 1.99. The van der Waals surface area contributed by atoms with Crippen molar-refractivity contribution >= 4 is 17.7 Å². The second kappa shape index (κ2) is 8.59. The normalized spacial score (nSPS) is 10.8. The third kappa shape index (κ3) is 5.30.